The highest BCUT2D eigenvalue weighted by molar-refractivity contribution is 6.05. The Kier molecular flexibility index (Phi) is 7.33. The first-order chi connectivity index (χ1) is 13.4. The van der Waals surface area contributed by atoms with Crippen molar-refractivity contribution in [3.8, 4) is 5.75 Å². The first kappa shape index (κ1) is 20.7. The SMILES string of the molecule is COc1ccccc1NC(=O)c1ccc(NC(=O)COC(=O)C=C(C)C)cc1. The second-order valence-electron chi connectivity index (χ2n) is 6.11. The molecule has 0 atom stereocenters. The van der Waals surface area contributed by atoms with Crippen LogP contribution in [0.5, 0.6) is 5.75 Å². The lowest BCUT2D eigenvalue weighted by Crippen LogP contribution is -2.20. The van der Waals surface area contributed by atoms with E-state index >= 15 is 0 Å². The molecule has 2 aromatic rings. The van der Waals surface area contributed by atoms with E-state index < -0.39 is 18.5 Å². The molecule has 0 aliphatic carbocycles. The molecule has 0 saturated heterocycles. The first-order valence-corrected chi connectivity index (χ1v) is 8.55. The Bertz CT molecular complexity index is 884. The molecular formula is C21H22N2O5. The van der Waals surface area contributed by atoms with E-state index in [-0.39, 0.29) is 5.91 Å². The summed E-state index contributed by atoms with van der Waals surface area (Å²) in [7, 11) is 1.53. The summed E-state index contributed by atoms with van der Waals surface area (Å²) in [6, 6.07) is 13.4. The molecule has 2 N–H and O–H groups in total. The number of allylic oxidation sites excluding steroid dienone is 1. The third-order valence-corrected chi connectivity index (χ3v) is 3.54. The average Bonchev–Trinajstić information content (AvgIpc) is 2.67. The molecule has 0 aromatic heterocycles. The van der Waals surface area contributed by atoms with Gasteiger partial charge in [-0.15, -0.1) is 0 Å². The molecule has 0 spiro atoms. The van der Waals surface area contributed by atoms with Crippen LogP contribution in [0.4, 0.5) is 11.4 Å². The fourth-order valence-electron chi connectivity index (χ4n) is 2.26. The maximum absolute atomic E-state index is 12.4. The molecule has 28 heavy (non-hydrogen) atoms. The van der Waals surface area contributed by atoms with Gasteiger partial charge in [0, 0.05) is 17.3 Å². The quantitative estimate of drug-likeness (QED) is 0.565. The van der Waals surface area contributed by atoms with E-state index in [1.807, 2.05) is 6.07 Å². The summed E-state index contributed by atoms with van der Waals surface area (Å²) in [6.45, 7) is 3.12. The van der Waals surface area contributed by atoms with Crippen molar-refractivity contribution in [1.82, 2.24) is 0 Å². The maximum Gasteiger partial charge on any atom is 0.331 e. The number of nitrogens with one attached hydrogen (secondary N) is 2. The minimum Gasteiger partial charge on any atom is -0.495 e. The Morgan fingerprint density at radius 3 is 2.29 bits per heavy atom. The molecule has 0 fully saturated rings. The Morgan fingerprint density at radius 1 is 0.964 bits per heavy atom. The van der Waals surface area contributed by atoms with Crippen LogP contribution in [0.3, 0.4) is 0 Å². The third-order valence-electron chi connectivity index (χ3n) is 3.54. The molecule has 7 nitrogen and oxygen atoms in total. The third kappa shape index (κ3) is 6.28. The van der Waals surface area contributed by atoms with Gasteiger partial charge in [-0.2, -0.15) is 0 Å². The van der Waals surface area contributed by atoms with Crippen LogP contribution < -0.4 is 15.4 Å². The van der Waals surface area contributed by atoms with E-state index in [4.69, 9.17) is 9.47 Å². The van der Waals surface area contributed by atoms with Crippen molar-refractivity contribution in [2.24, 2.45) is 0 Å². The summed E-state index contributed by atoms with van der Waals surface area (Å²) in [4.78, 5) is 35.6. The second kappa shape index (κ2) is 9.91. The number of carbonyl (C=O) groups is 3. The Labute approximate surface area is 163 Å². The Morgan fingerprint density at radius 2 is 1.64 bits per heavy atom. The van der Waals surface area contributed by atoms with Crippen LogP contribution in [0.1, 0.15) is 24.2 Å². The zero-order valence-corrected chi connectivity index (χ0v) is 15.9. The number of benzene rings is 2. The van der Waals surface area contributed by atoms with E-state index in [0.717, 1.165) is 5.57 Å². The van der Waals surface area contributed by atoms with E-state index in [2.05, 4.69) is 10.6 Å². The van der Waals surface area contributed by atoms with Gasteiger partial charge in [0.05, 0.1) is 12.8 Å². The smallest absolute Gasteiger partial charge is 0.331 e. The number of methoxy groups -OCH3 is 1. The summed E-state index contributed by atoms with van der Waals surface area (Å²) >= 11 is 0. The van der Waals surface area contributed by atoms with Crippen LogP contribution in [-0.4, -0.2) is 31.5 Å². The molecule has 146 valence electrons. The molecule has 0 bridgehead atoms. The molecule has 2 amide bonds. The topological polar surface area (TPSA) is 93.7 Å². The van der Waals surface area contributed by atoms with Crippen LogP contribution in [0.15, 0.2) is 60.2 Å². The predicted molar refractivity (Wildman–Crippen MR) is 106 cm³/mol. The van der Waals surface area contributed by atoms with Crippen LogP contribution in [-0.2, 0) is 14.3 Å². The number of amides is 2. The summed E-state index contributed by atoms with van der Waals surface area (Å²) in [5, 5.41) is 5.37. The lowest BCUT2D eigenvalue weighted by Gasteiger charge is -2.10. The van der Waals surface area contributed by atoms with Gasteiger partial charge in [0.2, 0.25) is 0 Å². The molecule has 0 saturated carbocycles. The number of para-hydroxylation sites is 2. The maximum atomic E-state index is 12.4. The zero-order valence-electron chi connectivity index (χ0n) is 15.9. The van der Waals surface area contributed by atoms with Crippen LogP contribution in [0.2, 0.25) is 0 Å². The van der Waals surface area contributed by atoms with Gasteiger partial charge in [0.15, 0.2) is 6.61 Å². The van der Waals surface area contributed by atoms with Crippen molar-refractivity contribution in [1.29, 1.82) is 0 Å². The molecule has 7 heteroatoms. The zero-order chi connectivity index (χ0) is 20.5. The van der Waals surface area contributed by atoms with Gasteiger partial charge in [-0.25, -0.2) is 4.79 Å². The van der Waals surface area contributed by atoms with Gasteiger partial charge in [0.1, 0.15) is 5.75 Å². The van der Waals surface area contributed by atoms with Crippen LogP contribution in [0, 0.1) is 0 Å². The van der Waals surface area contributed by atoms with Crippen molar-refractivity contribution >= 4 is 29.2 Å². The number of anilines is 2. The van der Waals surface area contributed by atoms with Crippen LogP contribution in [0.25, 0.3) is 0 Å². The summed E-state index contributed by atoms with van der Waals surface area (Å²) in [6.07, 6.45) is 1.31. The lowest BCUT2D eigenvalue weighted by molar-refractivity contribution is -0.142. The van der Waals surface area contributed by atoms with Crippen molar-refractivity contribution in [3.05, 3.63) is 65.7 Å². The number of ether oxygens (including phenoxy) is 2. The molecule has 0 aliphatic rings. The van der Waals surface area contributed by atoms with Crippen LogP contribution >= 0.6 is 0 Å². The van der Waals surface area contributed by atoms with Crippen molar-refractivity contribution in [2.75, 3.05) is 24.4 Å². The minimum absolute atomic E-state index is 0.307. The van der Waals surface area contributed by atoms with Gasteiger partial charge in [0.25, 0.3) is 11.8 Å². The summed E-state index contributed by atoms with van der Waals surface area (Å²) in [5.74, 6) is -0.791. The standard InChI is InChI=1S/C21H22N2O5/c1-14(2)12-20(25)28-13-19(24)22-16-10-8-15(9-11-16)21(26)23-17-6-4-5-7-18(17)27-3/h4-12H,13H2,1-3H3,(H,22,24)(H,23,26). The lowest BCUT2D eigenvalue weighted by atomic mass is 10.2. The average molecular weight is 382 g/mol. The van der Waals surface area contributed by atoms with E-state index in [0.29, 0.717) is 22.7 Å². The molecule has 0 unspecified atom stereocenters. The fourth-order valence-corrected chi connectivity index (χ4v) is 2.26. The highest BCUT2D eigenvalue weighted by Gasteiger charge is 2.10. The summed E-state index contributed by atoms with van der Waals surface area (Å²) in [5.41, 5.74) is 2.24. The van der Waals surface area contributed by atoms with Gasteiger partial charge in [-0.05, 0) is 50.2 Å². The fraction of sp³-hybridized carbons (Fsp3) is 0.190. The molecule has 2 rings (SSSR count). The second-order valence-corrected chi connectivity index (χ2v) is 6.11. The van der Waals surface area contributed by atoms with Gasteiger partial charge in [-0.3, -0.25) is 9.59 Å². The number of esters is 1. The highest BCUT2D eigenvalue weighted by Crippen LogP contribution is 2.23. The first-order valence-electron chi connectivity index (χ1n) is 8.55. The monoisotopic (exact) mass is 382 g/mol. The van der Waals surface area contributed by atoms with Gasteiger partial charge >= 0.3 is 5.97 Å². The normalized spacial score (nSPS) is 9.82. The molecule has 2 aromatic carbocycles. The molecular weight excluding hydrogens is 360 g/mol. The number of hydrogen-bond donors (Lipinski definition) is 2. The molecule has 0 radical (unpaired) electrons. The van der Waals surface area contributed by atoms with E-state index in [9.17, 15) is 14.4 Å². The minimum atomic E-state index is -0.571. The van der Waals surface area contributed by atoms with Crippen molar-refractivity contribution < 1.29 is 23.9 Å². The molecule has 0 aliphatic heterocycles. The molecule has 0 heterocycles. The number of carbonyl (C=O) groups excluding carboxylic acids is 3. The summed E-state index contributed by atoms with van der Waals surface area (Å²) < 4.78 is 10.0. The van der Waals surface area contributed by atoms with Gasteiger partial charge in [-0.1, -0.05) is 17.7 Å². The number of rotatable bonds is 7. The highest BCUT2D eigenvalue weighted by atomic mass is 16.5. The number of hydrogen-bond acceptors (Lipinski definition) is 5. The Hall–Kier alpha value is -3.61. The van der Waals surface area contributed by atoms with E-state index in [1.54, 1.807) is 56.3 Å². The Balaban J connectivity index is 1.92. The van der Waals surface area contributed by atoms with Crippen molar-refractivity contribution in [3.63, 3.8) is 0 Å². The van der Waals surface area contributed by atoms with E-state index in [1.165, 1.54) is 13.2 Å². The predicted octanol–water partition coefficient (Wildman–Crippen LogP) is 3.40. The van der Waals surface area contributed by atoms with Gasteiger partial charge < -0.3 is 20.1 Å². The largest absolute Gasteiger partial charge is 0.495 e. The van der Waals surface area contributed by atoms with Crippen molar-refractivity contribution in [2.45, 2.75) is 13.8 Å².